The van der Waals surface area contributed by atoms with Crippen LogP contribution in [0.1, 0.15) is 6.42 Å². The molecule has 1 aromatic rings. The van der Waals surface area contributed by atoms with Crippen molar-refractivity contribution >= 4 is 31.5 Å². The van der Waals surface area contributed by atoms with Crippen molar-refractivity contribution in [2.24, 2.45) is 0 Å². The van der Waals surface area contributed by atoms with E-state index in [1.54, 1.807) is 0 Å². The number of nitriles is 1. The van der Waals surface area contributed by atoms with Crippen molar-refractivity contribution in [2.75, 3.05) is 6.54 Å². The summed E-state index contributed by atoms with van der Waals surface area (Å²) >= 11 is 0. The van der Waals surface area contributed by atoms with Gasteiger partial charge in [-0.3, -0.25) is 4.79 Å². The Labute approximate surface area is 117 Å². The molecular formula is C8H8ClN5O5S. The zero-order chi connectivity index (χ0) is 15.3. The summed E-state index contributed by atoms with van der Waals surface area (Å²) in [5.41, 5.74) is 0. The molecule has 0 aliphatic carbocycles. The van der Waals surface area contributed by atoms with Crippen LogP contribution in [0.4, 0.5) is 5.82 Å². The van der Waals surface area contributed by atoms with Crippen LogP contribution < -0.4 is 5.32 Å². The Morgan fingerprint density at radius 3 is 2.75 bits per heavy atom. The first kappa shape index (κ1) is 15.9. The molecule has 1 amide bonds. The van der Waals surface area contributed by atoms with Gasteiger partial charge in [-0.1, -0.05) is 0 Å². The fourth-order valence-electron chi connectivity index (χ4n) is 1.23. The molecule has 1 heterocycles. The van der Waals surface area contributed by atoms with Crippen molar-refractivity contribution in [1.29, 1.82) is 5.26 Å². The van der Waals surface area contributed by atoms with Gasteiger partial charge in [0.25, 0.3) is 9.05 Å². The normalized spacial score (nSPS) is 10.8. The quantitative estimate of drug-likeness (QED) is 0.328. The Bertz CT molecular complexity index is 676. The molecule has 20 heavy (non-hydrogen) atoms. The highest BCUT2D eigenvalue weighted by atomic mass is 35.7. The highest BCUT2D eigenvalue weighted by Crippen LogP contribution is 2.24. The molecular weight excluding hydrogens is 314 g/mol. The van der Waals surface area contributed by atoms with Gasteiger partial charge in [-0.2, -0.15) is 9.94 Å². The Balaban J connectivity index is 2.91. The van der Waals surface area contributed by atoms with Crippen LogP contribution >= 0.6 is 10.7 Å². The number of carbonyl (C=O) groups is 1. The third kappa shape index (κ3) is 4.18. The van der Waals surface area contributed by atoms with Crippen molar-refractivity contribution in [3.05, 3.63) is 16.3 Å². The predicted octanol–water partition coefficient (Wildman–Crippen LogP) is -0.251. The minimum absolute atomic E-state index is 0.103. The van der Waals surface area contributed by atoms with Crippen LogP contribution in [0.3, 0.4) is 0 Å². The summed E-state index contributed by atoms with van der Waals surface area (Å²) < 4.78 is 23.1. The largest absolute Gasteiger partial charge is 0.410 e. The Kier molecular flexibility index (Phi) is 5.00. The van der Waals surface area contributed by atoms with Gasteiger partial charge in [-0.25, -0.2) is 8.42 Å². The molecule has 0 bridgehead atoms. The zero-order valence-electron chi connectivity index (χ0n) is 9.81. The smallest absolute Gasteiger partial charge is 0.358 e. The molecule has 0 aromatic carbocycles. The lowest BCUT2D eigenvalue weighted by molar-refractivity contribution is -0.392. The summed E-state index contributed by atoms with van der Waals surface area (Å²) in [5.74, 6) is -1.53. The summed E-state index contributed by atoms with van der Waals surface area (Å²) in [6.07, 6.45) is 0.899. The summed E-state index contributed by atoms with van der Waals surface area (Å²) in [7, 11) is 0.696. The number of halogens is 1. The number of rotatable bonds is 6. The van der Waals surface area contributed by atoms with E-state index in [1.165, 1.54) is 0 Å². The van der Waals surface area contributed by atoms with Crippen LogP contribution in [0.15, 0.2) is 11.1 Å². The molecule has 12 heteroatoms. The summed E-state index contributed by atoms with van der Waals surface area (Å²) in [5, 5.41) is 24.7. The molecule has 1 aromatic heterocycles. The van der Waals surface area contributed by atoms with E-state index in [0.29, 0.717) is 0 Å². The van der Waals surface area contributed by atoms with Crippen molar-refractivity contribution in [1.82, 2.24) is 15.1 Å². The van der Waals surface area contributed by atoms with Crippen LogP contribution in [0, 0.1) is 21.4 Å². The maximum absolute atomic E-state index is 11.4. The van der Waals surface area contributed by atoms with Crippen LogP contribution in [-0.4, -0.2) is 35.6 Å². The lowest BCUT2D eigenvalue weighted by Crippen LogP contribution is -2.28. The lowest BCUT2D eigenvalue weighted by Gasteiger charge is -1.99. The van der Waals surface area contributed by atoms with Crippen LogP contribution in [0.25, 0.3) is 0 Å². The van der Waals surface area contributed by atoms with Gasteiger partial charge in [0.15, 0.2) is 0 Å². The topological polar surface area (TPSA) is 148 Å². The highest BCUT2D eigenvalue weighted by molar-refractivity contribution is 8.13. The van der Waals surface area contributed by atoms with Crippen molar-refractivity contribution in [3.63, 3.8) is 0 Å². The van der Waals surface area contributed by atoms with E-state index in [4.69, 9.17) is 15.9 Å². The van der Waals surface area contributed by atoms with Gasteiger partial charge in [0.05, 0.1) is 23.8 Å². The molecule has 0 saturated carbocycles. The highest BCUT2D eigenvalue weighted by Gasteiger charge is 2.30. The van der Waals surface area contributed by atoms with Crippen LogP contribution in [-0.2, 0) is 20.4 Å². The fraction of sp³-hybridized carbons (Fsp3) is 0.375. The molecule has 1 N–H and O–H groups in total. The molecule has 0 radical (unpaired) electrons. The number of hydrogen-bond acceptors (Lipinski definition) is 7. The molecule has 0 atom stereocenters. The van der Waals surface area contributed by atoms with Gasteiger partial charge in [0.2, 0.25) is 10.8 Å². The maximum Gasteiger partial charge on any atom is 0.410 e. The summed E-state index contributed by atoms with van der Waals surface area (Å²) in [4.78, 5) is 20.2. The number of nitro groups is 1. The van der Waals surface area contributed by atoms with Gasteiger partial charge in [-0.15, -0.1) is 0 Å². The summed E-state index contributed by atoms with van der Waals surface area (Å²) in [6.45, 7) is -0.321. The molecule has 10 nitrogen and oxygen atoms in total. The Hall–Kier alpha value is -2.19. The minimum atomic E-state index is -4.34. The first-order valence-electron chi connectivity index (χ1n) is 5.06. The number of hydrogen-bond donors (Lipinski definition) is 1. The van der Waals surface area contributed by atoms with Gasteiger partial charge in [0, 0.05) is 17.2 Å². The van der Waals surface area contributed by atoms with Crippen LogP contribution in [0.2, 0.25) is 0 Å². The maximum atomic E-state index is 11.4. The standard InChI is InChI=1S/C8H8ClN5O5S/c9-20(18,19)6-4-13(12-8(6)14(16)17)5-7(15)11-3-1-2-10/h4H,1,3,5H2,(H,11,15). The predicted molar refractivity (Wildman–Crippen MR) is 65.2 cm³/mol. The first-order chi connectivity index (χ1) is 9.25. The lowest BCUT2D eigenvalue weighted by atomic mass is 10.4. The van der Waals surface area contributed by atoms with Crippen molar-refractivity contribution < 1.29 is 18.1 Å². The van der Waals surface area contributed by atoms with E-state index in [9.17, 15) is 23.3 Å². The average Bonchev–Trinajstić information content (AvgIpc) is 2.73. The average molecular weight is 322 g/mol. The van der Waals surface area contributed by atoms with E-state index in [2.05, 4.69) is 10.4 Å². The number of nitrogens with one attached hydrogen (secondary N) is 1. The monoisotopic (exact) mass is 321 g/mol. The van der Waals surface area contributed by atoms with Crippen LogP contribution in [0.5, 0.6) is 0 Å². The van der Waals surface area contributed by atoms with E-state index < -0.39 is 37.1 Å². The SMILES string of the molecule is N#CCCNC(=O)Cn1cc(S(=O)(=O)Cl)c([N+](=O)[O-])n1. The summed E-state index contributed by atoms with van der Waals surface area (Å²) in [6, 6.07) is 1.81. The molecule has 1 rings (SSSR count). The second-order valence-electron chi connectivity index (χ2n) is 3.47. The van der Waals surface area contributed by atoms with Crippen molar-refractivity contribution in [2.45, 2.75) is 17.9 Å². The Morgan fingerprint density at radius 2 is 2.30 bits per heavy atom. The van der Waals surface area contributed by atoms with Gasteiger partial charge >= 0.3 is 5.82 Å². The molecule has 0 fully saturated rings. The fourth-order valence-corrected chi connectivity index (χ4v) is 2.14. The van der Waals surface area contributed by atoms with E-state index in [0.717, 1.165) is 10.9 Å². The molecule has 0 spiro atoms. The van der Waals surface area contributed by atoms with E-state index in [-0.39, 0.29) is 13.0 Å². The first-order valence-corrected chi connectivity index (χ1v) is 7.36. The van der Waals surface area contributed by atoms with Gasteiger partial charge < -0.3 is 15.4 Å². The second-order valence-corrected chi connectivity index (χ2v) is 6.00. The second kappa shape index (κ2) is 6.31. The van der Waals surface area contributed by atoms with E-state index >= 15 is 0 Å². The third-order valence-corrected chi connectivity index (χ3v) is 3.32. The molecule has 0 saturated heterocycles. The minimum Gasteiger partial charge on any atom is -0.358 e. The molecule has 0 aliphatic rings. The van der Waals surface area contributed by atoms with Crippen molar-refractivity contribution in [3.8, 4) is 6.07 Å². The molecule has 108 valence electrons. The molecule has 0 unspecified atom stereocenters. The number of nitrogens with zero attached hydrogens (tertiary/aromatic N) is 4. The van der Waals surface area contributed by atoms with E-state index in [1.807, 2.05) is 6.07 Å². The number of aromatic nitrogens is 2. The number of carbonyl (C=O) groups excluding carboxylic acids is 1. The van der Waals surface area contributed by atoms with Gasteiger partial charge in [-0.05, 0) is 4.92 Å². The van der Waals surface area contributed by atoms with Gasteiger partial charge in [0.1, 0.15) is 6.54 Å². The Morgan fingerprint density at radius 1 is 1.65 bits per heavy atom. The third-order valence-electron chi connectivity index (χ3n) is 2.01. The zero-order valence-corrected chi connectivity index (χ0v) is 11.4. The number of amides is 1. The molecule has 0 aliphatic heterocycles.